The highest BCUT2D eigenvalue weighted by Crippen LogP contribution is 2.42. The molecule has 0 aromatic rings. The van der Waals surface area contributed by atoms with E-state index in [9.17, 15) is 0 Å². The van der Waals surface area contributed by atoms with Crippen molar-refractivity contribution < 1.29 is 44.9 Å². The minimum atomic E-state index is -4.67. The Hall–Kier alpha value is -0.410. The van der Waals surface area contributed by atoms with Crippen LogP contribution < -0.4 is 0 Å². The van der Waals surface area contributed by atoms with Gasteiger partial charge in [0.2, 0.25) is 0 Å². The van der Waals surface area contributed by atoms with Crippen molar-refractivity contribution in [2.24, 2.45) is 11.8 Å². The average molecular weight is 423 g/mol. The second-order valence-electron chi connectivity index (χ2n) is 7.32. The quantitative estimate of drug-likeness (QED) is 0.402. The van der Waals surface area contributed by atoms with Crippen molar-refractivity contribution in [1.82, 2.24) is 9.80 Å². The van der Waals surface area contributed by atoms with Crippen molar-refractivity contribution in [1.29, 1.82) is 0 Å². The van der Waals surface area contributed by atoms with Crippen molar-refractivity contribution in [3.8, 4) is 0 Å². The Morgan fingerprint density at radius 2 is 1.00 bits per heavy atom. The standard InChI is InChI=1S/C15H26N2.H2O4S.5H2O/c1-3-7-16-11-13-9-12(14(16)5-1)10-17-8-4-2-6-15(13)17;1-5(2,3)4;;;;;/h12-15H,1-11H2;(H2,1,2,3,4);5*1H2/t12-,13?,14+,15-;;;;;;/m0....../s1. The van der Waals surface area contributed by atoms with Gasteiger partial charge in [0, 0.05) is 25.2 Å². The lowest BCUT2D eigenvalue weighted by Gasteiger charge is -2.57. The normalized spacial score (nSPS) is 31.9. The van der Waals surface area contributed by atoms with Crippen LogP contribution in [0.25, 0.3) is 0 Å². The predicted molar refractivity (Wildman–Crippen MR) is 102 cm³/mol. The number of fused-ring (bicyclic) bond motifs is 6. The van der Waals surface area contributed by atoms with Crippen molar-refractivity contribution in [3.63, 3.8) is 0 Å². The summed E-state index contributed by atoms with van der Waals surface area (Å²) in [4.78, 5) is 5.74. The summed E-state index contributed by atoms with van der Waals surface area (Å²) >= 11 is 0. The maximum Gasteiger partial charge on any atom is 0.394 e. The molecule has 4 heterocycles. The lowest BCUT2D eigenvalue weighted by molar-refractivity contribution is -0.0718. The molecule has 0 aromatic heterocycles. The molecule has 0 aliphatic carbocycles. The fourth-order valence-electron chi connectivity index (χ4n) is 5.25. The largest absolute Gasteiger partial charge is 0.412 e. The van der Waals surface area contributed by atoms with E-state index in [4.69, 9.17) is 17.5 Å². The minimum Gasteiger partial charge on any atom is -0.412 e. The second kappa shape index (κ2) is 12.9. The van der Waals surface area contributed by atoms with Gasteiger partial charge in [0.1, 0.15) is 0 Å². The van der Waals surface area contributed by atoms with Crippen LogP contribution in [0.3, 0.4) is 0 Å². The van der Waals surface area contributed by atoms with Gasteiger partial charge in [-0.05, 0) is 57.0 Å². The maximum absolute atomic E-state index is 8.74. The lowest BCUT2D eigenvalue weighted by atomic mass is 9.71. The smallest absolute Gasteiger partial charge is 0.394 e. The highest BCUT2D eigenvalue weighted by molar-refractivity contribution is 7.79. The lowest BCUT2D eigenvalue weighted by Crippen LogP contribution is -2.63. The Balaban J connectivity index is -0.000000524. The van der Waals surface area contributed by atoms with Gasteiger partial charge in [-0.15, -0.1) is 0 Å². The van der Waals surface area contributed by atoms with Crippen LogP contribution in [0.1, 0.15) is 44.9 Å². The molecule has 4 rings (SSSR count). The molecule has 0 amide bonds. The fraction of sp³-hybridized carbons (Fsp3) is 1.00. The molecular weight excluding hydrogens is 384 g/mol. The van der Waals surface area contributed by atoms with Crippen LogP contribution in [-0.4, -0.2) is 93.0 Å². The zero-order valence-corrected chi connectivity index (χ0v) is 16.4. The number of rotatable bonds is 0. The first-order chi connectivity index (χ1) is 10.4. The highest BCUT2D eigenvalue weighted by atomic mass is 32.3. The van der Waals surface area contributed by atoms with Gasteiger partial charge < -0.3 is 27.4 Å². The van der Waals surface area contributed by atoms with Gasteiger partial charge in [0.05, 0.1) is 0 Å². The topological polar surface area (TPSA) is 239 Å². The molecule has 168 valence electrons. The van der Waals surface area contributed by atoms with E-state index in [1.165, 1.54) is 64.7 Å². The summed E-state index contributed by atoms with van der Waals surface area (Å²) in [6.07, 6.45) is 10.5. The summed E-state index contributed by atoms with van der Waals surface area (Å²) in [6, 6.07) is 1.92. The van der Waals surface area contributed by atoms with Crippen LogP contribution in [0.2, 0.25) is 0 Å². The van der Waals surface area contributed by atoms with E-state index in [-0.39, 0.29) is 27.4 Å². The number of hydrogen-bond acceptors (Lipinski definition) is 4. The summed E-state index contributed by atoms with van der Waals surface area (Å²) in [7, 11) is -4.67. The Labute approximate surface area is 160 Å². The van der Waals surface area contributed by atoms with Gasteiger partial charge in [-0.25, -0.2) is 0 Å². The molecule has 11 nitrogen and oxygen atoms in total. The first-order valence-electron chi connectivity index (χ1n) is 8.60. The van der Waals surface area contributed by atoms with E-state index in [2.05, 4.69) is 9.80 Å². The predicted octanol–water partition coefficient (Wildman–Crippen LogP) is -2.43. The van der Waals surface area contributed by atoms with E-state index >= 15 is 0 Å². The maximum atomic E-state index is 8.74. The van der Waals surface area contributed by atoms with Crippen LogP contribution >= 0.6 is 0 Å². The van der Waals surface area contributed by atoms with Crippen LogP contribution in [0.15, 0.2) is 0 Å². The molecule has 27 heavy (non-hydrogen) atoms. The minimum absolute atomic E-state index is 0. The van der Waals surface area contributed by atoms with Crippen molar-refractivity contribution in [3.05, 3.63) is 0 Å². The Morgan fingerprint density at radius 3 is 1.33 bits per heavy atom. The van der Waals surface area contributed by atoms with Crippen molar-refractivity contribution in [2.45, 2.75) is 57.0 Å². The first kappa shape index (κ1) is 31.3. The van der Waals surface area contributed by atoms with Gasteiger partial charge in [-0.1, -0.05) is 12.8 Å². The molecule has 12 N–H and O–H groups in total. The monoisotopic (exact) mass is 422 g/mol. The third-order valence-electron chi connectivity index (χ3n) is 5.96. The van der Waals surface area contributed by atoms with Crippen molar-refractivity contribution in [2.75, 3.05) is 26.2 Å². The average Bonchev–Trinajstić information content (AvgIpc) is 2.46. The Bertz CT molecular complexity index is 458. The van der Waals surface area contributed by atoms with Gasteiger partial charge in [-0.3, -0.25) is 18.9 Å². The van der Waals surface area contributed by atoms with E-state index in [1.807, 2.05) is 0 Å². The Morgan fingerprint density at radius 1 is 0.667 bits per heavy atom. The fourth-order valence-corrected chi connectivity index (χ4v) is 5.25. The molecule has 0 radical (unpaired) electrons. The van der Waals surface area contributed by atoms with Crippen LogP contribution in [0.5, 0.6) is 0 Å². The van der Waals surface area contributed by atoms with E-state index in [1.54, 1.807) is 6.42 Å². The highest BCUT2D eigenvalue weighted by Gasteiger charge is 2.46. The molecule has 4 saturated heterocycles. The molecule has 0 aromatic carbocycles. The zero-order chi connectivity index (χ0) is 15.7. The summed E-state index contributed by atoms with van der Waals surface area (Å²) < 4.78 is 31.6. The van der Waals surface area contributed by atoms with Crippen LogP contribution in [-0.2, 0) is 10.4 Å². The first-order valence-corrected chi connectivity index (χ1v) is 9.99. The summed E-state index contributed by atoms with van der Waals surface area (Å²) in [5.74, 6) is 2.03. The zero-order valence-electron chi connectivity index (χ0n) is 15.6. The summed E-state index contributed by atoms with van der Waals surface area (Å²) in [5, 5.41) is 0. The molecule has 4 fully saturated rings. The van der Waals surface area contributed by atoms with E-state index in [0.717, 1.165) is 23.9 Å². The third-order valence-corrected chi connectivity index (χ3v) is 5.96. The molecule has 12 heteroatoms. The SMILES string of the molecule is C1CCN2CC3C[C@@H](CN4CCCC[C@@H]34)[C@H]2C1.O.O.O.O.O.O=S(=O)(O)O. The number of piperidine rings is 4. The van der Waals surface area contributed by atoms with Crippen LogP contribution in [0, 0.1) is 11.8 Å². The summed E-state index contributed by atoms with van der Waals surface area (Å²) in [6.45, 7) is 5.68. The van der Waals surface area contributed by atoms with Gasteiger partial charge >= 0.3 is 10.4 Å². The van der Waals surface area contributed by atoms with Crippen molar-refractivity contribution >= 4 is 10.4 Å². The molecule has 2 bridgehead atoms. The van der Waals surface area contributed by atoms with Gasteiger partial charge in [0.15, 0.2) is 0 Å². The molecule has 0 spiro atoms. The molecule has 0 saturated carbocycles. The van der Waals surface area contributed by atoms with Crippen LogP contribution in [0.4, 0.5) is 0 Å². The summed E-state index contributed by atoms with van der Waals surface area (Å²) in [5.41, 5.74) is 0. The molecule has 4 aliphatic rings. The molecular formula is C15H38N2O9S. The van der Waals surface area contributed by atoms with E-state index < -0.39 is 10.4 Å². The number of nitrogens with zero attached hydrogens (tertiary/aromatic N) is 2. The number of hydrogen-bond donors (Lipinski definition) is 2. The Kier molecular flexibility index (Phi) is 15.0. The third kappa shape index (κ3) is 8.23. The molecule has 1 unspecified atom stereocenters. The van der Waals surface area contributed by atoms with Gasteiger partial charge in [-0.2, -0.15) is 8.42 Å². The molecule has 4 atom stereocenters. The van der Waals surface area contributed by atoms with Gasteiger partial charge in [0.25, 0.3) is 0 Å². The second-order valence-corrected chi connectivity index (χ2v) is 8.22. The molecule has 4 aliphatic heterocycles. The van der Waals surface area contributed by atoms with E-state index in [0.29, 0.717) is 0 Å².